The second kappa shape index (κ2) is 8.29. The highest BCUT2D eigenvalue weighted by Gasteiger charge is 2.33. The molecule has 0 aromatic heterocycles. The van der Waals surface area contributed by atoms with Gasteiger partial charge in [0.05, 0.1) is 18.3 Å². The van der Waals surface area contributed by atoms with Crippen molar-refractivity contribution in [3.8, 4) is 0 Å². The summed E-state index contributed by atoms with van der Waals surface area (Å²) in [6.45, 7) is 3.33. The van der Waals surface area contributed by atoms with Crippen LogP contribution in [0.15, 0.2) is 18.2 Å². The monoisotopic (exact) mass is 363 g/mol. The van der Waals surface area contributed by atoms with Crippen LogP contribution in [0.25, 0.3) is 0 Å². The normalized spacial score (nSPS) is 18.1. The zero-order valence-electron chi connectivity index (χ0n) is 15.0. The van der Waals surface area contributed by atoms with Crippen LogP contribution in [0.2, 0.25) is 0 Å². The predicted molar refractivity (Wildman–Crippen MR) is 96.9 cm³/mol. The second-order valence-corrected chi connectivity index (χ2v) is 6.42. The van der Waals surface area contributed by atoms with Gasteiger partial charge in [0.2, 0.25) is 11.8 Å². The molecule has 142 valence electrons. The smallest absolute Gasteiger partial charge is 0.418 e. The molecule has 0 aliphatic carbocycles. The zero-order chi connectivity index (χ0) is 19.4. The SMILES string of the molecule is CCC(C)C(=O)N(C(=O)O)c1ccc(N2C(=O)CCC2CO)cc1CN. The number of rotatable bonds is 6. The number of anilines is 2. The number of carboxylic acid groups (broad SMARTS) is 1. The molecule has 26 heavy (non-hydrogen) atoms. The lowest BCUT2D eigenvalue weighted by molar-refractivity contribution is -0.121. The summed E-state index contributed by atoms with van der Waals surface area (Å²) in [6.07, 6.45) is 0.0453. The quantitative estimate of drug-likeness (QED) is 0.706. The Labute approximate surface area is 152 Å². The fourth-order valence-corrected chi connectivity index (χ4v) is 3.09. The first-order chi connectivity index (χ1) is 12.3. The average Bonchev–Trinajstić information content (AvgIpc) is 3.01. The Balaban J connectivity index is 2.46. The molecule has 0 saturated carbocycles. The summed E-state index contributed by atoms with van der Waals surface area (Å²) in [4.78, 5) is 38.5. The Morgan fingerprint density at radius 2 is 2.12 bits per heavy atom. The molecular weight excluding hydrogens is 338 g/mol. The van der Waals surface area contributed by atoms with E-state index in [-0.39, 0.29) is 30.8 Å². The summed E-state index contributed by atoms with van der Waals surface area (Å²) < 4.78 is 0. The lowest BCUT2D eigenvalue weighted by atomic mass is 10.1. The second-order valence-electron chi connectivity index (χ2n) is 6.42. The van der Waals surface area contributed by atoms with E-state index < -0.39 is 17.9 Å². The zero-order valence-corrected chi connectivity index (χ0v) is 15.0. The number of benzene rings is 1. The molecule has 1 aromatic carbocycles. The fraction of sp³-hybridized carbons (Fsp3) is 0.500. The van der Waals surface area contributed by atoms with E-state index in [4.69, 9.17) is 5.73 Å². The van der Waals surface area contributed by atoms with Crippen molar-refractivity contribution in [2.45, 2.75) is 45.7 Å². The Morgan fingerprint density at radius 1 is 1.42 bits per heavy atom. The van der Waals surface area contributed by atoms with E-state index in [1.807, 2.05) is 6.92 Å². The van der Waals surface area contributed by atoms with Gasteiger partial charge < -0.3 is 20.8 Å². The minimum Gasteiger partial charge on any atom is -0.464 e. The summed E-state index contributed by atoms with van der Waals surface area (Å²) in [5, 5.41) is 19.0. The maximum Gasteiger partial charge on any atom is 0.418 e. The number of carbonyl (C=O) groups excluding carboxylic acids is 2. The van der Waals surface area contributed by atoms with Gasteiger partial charge in [-0.25, -0.2) is 9.69 Å². The van der Waals surface area contributed by atoms with Crippen molar-refractivity contribution in [3.05, 3.63) is 23.8 Å². The summed E-state index contributed by atoms with van der Waals surface area (Å²) in [7, 11) is 0. The fourth-order valence-electron chi connectivity index (χ4n) is 3.09. The van der Waals surface area contributed by atoms with Crippen molar-refractivity contribution in [3.63, 3.8) is 0 Å². The van der Waals surface area contributed by atoms with Crippen LogP contribution in [0.4, 0.5) is 16.2 Å². The Kier molecular flexibility index (Phi) is 6.33. The highest BCUT2D eigenvalue weighted by atomic mass is 16.4. The molecule has 1 aliphatic rings. The summed E-state index contributed by atoms with van der Waals surface area (Å²) in [5.41, 5.74) is 6.96. The number of nitrogens with two attached hydrogens (primary N) is 1. The summed E-state index contributed by atoms with van der Waals surface area (Å²) in [5.74, 6) is -1.08. The molecule has 1 aliphatic heterocycles. The number of aliphatic hydroxyl groups is 1. The highest BCUT2D eigenvalue weighted by Crippen LogP contribution is 2.32. The van der Waals surface area contributed by atoms with Crippen LogP contribution in [0.3, 0.4) is 0 Å². The number of hydrogen-bond acceptors (Lipinski definition) is 5. The number of carbonyl (C=O) groups is 3. The molecule has 8 nitrogen and oxygen atoms in total. The minimum absolute atomic E-state index is 0.00651. The van der Waals surface area contributed by atoms with Gasteiger partial charge in [0.1, 0.15) is 0 Å². The highest BCUT2D eigenvalue weighted by molar-refractivity contribution is 6.13. The molecule has 0 radical (unpaired) electrons. The molecule has 8 heteroatoms. The number of imide groups is 1. The van der Waals surface area contributed by atoms with Crippen molar-refractivity contribution in [2.75, 3.05) is 16.4 Å². The molecule has 2 atom stereocenters. The summed E-state index contributed by atoms with van der Waals surface area (Å²) in [6, 6.07) is 4.38. The molecule has 4 N–H and O–H groups in total. The van der Waals surface area contributed by atoms with Crippen molar-refractivity contribution < 1.29 is 24.6 Å². The van der Waals surface area contributed by atoms with E-state index in [0.717, 1.165) is 4.90 Å². The van der Waals surface area contributed by atoms with Crippen molar-refractivity contribution in [2.24, 2.45) is 11.7 Å². The third-order valence-corrected chi connectivity index (χ3v) is 4.78. The molecule has 2 rings (SSSR count). The van der Waals surface area contributed by atoms with E-state index in [9.17, 15) is 24.6 Å². The molecule has 1 saturated heterocycles. The largest absolute Gasteiger partial charge is 0.464 e. The predicted octanol–water partition coefficient (Wildman–Crippen LogP) is 1.69. The average molecular weight is 363 g/mol. The van der Waals surface area contributed by atoms with E-state index >= 15 is 0 Å². The molecule has 0 spiro atoms. The van der Waals surface area contributed by atoms with E-state index in [0.29, 0.717) is 30.5 Å². The van der Waals surface area contributed by atoms with Crippen LogP contribution < -0.4 is 15.5 Å². The molecule has 1 heterocycles. The van der Waals surface area contributed by atoms with E-state index in [2.05, 4.69) is 0 Å². The molecule has 1 fully saturated rings. The van der Waals surface area contributed by atoms with Gasteiger partial charge in [-0.1, -0.05) is 13.8 Å². The first-order valence-electron chi connectivity index (χ1n) is 8.68. The molecule has 1 aromatic rings. The number of amides is 3. The van der Waals surface area contributed by atoms with Crippen molar-refractivity contribution >= 4 is 29.3 Å². The van der Waals surface area contributed by atoms with Crippen LogP contribution in [0, 0.1) is 5.92 Å². The lowest BCUT2D eigenvalue weighted by Gasteiger charge is -2.27. The molecule has 3 amide bonds. The molecule has 0 bridgehead atoms. The number of hydrogen-bond donors (Lipinski definition) is 3. The van der Waals surface area contributed by atoms with Gasteiger partial charge in [-0.2, -0.15) is 0 Å². The molecule has 2 unspecified atom stereocenters. The standard InChI is InChI=1S/C18H25N3O5/c1-3-11(2)17(24)21(18(25)26)15-6-4-13(8-12(15)9-19)20-14(10-22)5-7-16(20)23/h4,6,8,11,14,22H,3,5,7,9-10,19H2,1-2H3,(H,25,26). The third-order valence-electron chi connectivity index (χ3n) is 4.78. The molecular formula is C18H25N3O5. The van der Waals surface area contributed by atoms with Crippen LogP contribution in [-0.2, 0) is 16.1 Å². The van der Waals surface area contributed by atoms with Gasteiger partial charge in [-0.3, -0.25) is 9.59 Å². The van der Waals surface area contributed by atoms with Gasteiger partial charge in [0.15, 0.2) is 0 Å². The van der Waals surface area contributed by atoms with Crippen LogP contribution >= 0.6 is 0 Å². The Bertz CT molecular complexity index is 706. The van der Waals surface area contributed by atoms with Crippen LogP contribution in [0.5, 0.6) is 0 Å². The van der Waals surface area contributed by atoms with Gasteiger partial charge in [0, 0.05) is 24.6 Å². The third kappa shape index (κ3) is 3.71. The van der Waals surface area contributed by atoms with Gasteiger partial charge in [-0.05, 0) is 36.6 Å². The number of aliphatic hydroxyl groups excluding tert-OH is 1. The van der Waals surface area contributed by atoms with Crippen molar-refractivity contribution in [1.29, 1.82) is 0 Å². The van der Waals surface area contributed by atoms with Gasteiger partial charge >= 0.3 is 6.09 Å². The van der Waals surface area contributed by atoms with Gasteiger partial charge in [0.25, 0.3) is 0 Å². The first-order valence-corrected chi connectivity index (χ1v) is 8.68. The Hall–Kier alpha value is -2.45. The van der Waals surface area contributed by atoms with Gasteiger partial charge in [-0.15, -0.1) is 0 Å². The minimum atomic E-state index is -1.37. The van der Waals surface area contributed by atoms with Crippen LogP contribution in [0.1, 0.15) is 38.7 Å². The Morgan fingerprint density at radius 3 is 2.65 bits per heavy atom. The van der Waals surface area contributed by atoms with Crippen molar-refractivity contribution in [1.82, 2.24) is 0 Å². The topological polar surface area (TPSA) is 124 Å². The summed E-state index contributed by atoms with van der Waals surface area (Å²) >= 11 is 0. The number of nitrogens with zero attached hydrogens (tertiary/aromatic N) is 2. The van der Waals surface area contributed by atoms with E-state index in [1.54, 1.807) is 19.1 Å². The van der Waals surface area contributed by atoms with E-state index in [1.165, 1.54) is 11.0 Å². The maximum absolute atomic E-state index is 12.5. The maximum atomic E-state index is 12.5. The first kappa shape index (κ1) is 19.9. The lowest BCUT2D eigenvalue weighted by Crippen LogP contribution is -2.40. The van der Waals surface area contributed by atoms with Crippen LogP contribution in [-0.4, -0.2) is 40.8 Å².